The molecule has 4 fully saturated rings. The average Bonchev–Trinajstić information content (AvgIpc) is 2.90. The Kier molecular flexibility index (Phi) is 3.98. The molecule has 7 atom stereocenters. The Labute approximate surface area is 189 Å². The first-order chi connectivity index (χ1) is 14.8. The van der Waals surface area contributed by atoms with E-state index in [4.69, 9.17) is 9.47 Å². The second-order valence-electron chi connectivity index (χ2n) is 11.8. The monoisotopic (exact) mass is 442 g/mol. The molecule has 0 aromatic carbocycles. The van der Waals surface area contributed by atoms with Crippen molar-refractivity contribution in [1.82, 2.24) is 0 Å². The van der Waals surface area contributed by atoms with Gasteiger partial charge in [0, 0.05) is 16.9 Å². The minimum absolute atomic E-state index is 0.0591. The van der Waals surface area contributed by atoms with Crippen molar-refractivity contribution in [3.63, 3.8) is 0 Å². The lowest BCUT2D eigenvalue weighted by atomic mass is 9.32. The van der Waals surface area contributed by atoms with Gasteiger partial charge in [-0.25, -0.2) is 0 Å². The molecule has 2 saturated carbocycles. The van der Waals surface area contributed by atoms with Crippen LogP contribution in [0.5, 0.6) is 0 Å². The Morgan fingerprint density at radius 1 is 1.12 bits per heavy atom. The fourth-order valence-electron chi connectivity index (χ4n) is 9.13. The van der Waals surface area contributed by atoms with Crippen molar-refractivity contribution in [2.75, 3.05) is 7.11 Å². The fourth-order valence-corrected chi connectivity index (χ4v) is 9.13. The van der Waals surface area contributed by atoms with Gasteiger partial charge in [-0.3, -0.25) is 14.4 Å². The Balaban J connectivity index is 1.85. The van der Waals surface area contributed by atoms with Gasteiger partial charge in [-0.1, -0.05) is 32.4 Å². The number of esters is 2. The van der Waals surface area contributed by atoms with Gasteiger partial charge in [-0.05, 0) is 57.8 Å². The molecule has 6 heteroatoms. The van der Waals surface area contributed by atoms with Crippen molar-refractivity contribution < 1.29 is 29.0 Å². The minimum Gasteiger partial charge on any atom is -0.511 e. The molecule has 1 N–H and O–H groups in total. The number of hydrogen-bond donors (Lipinski definition) is 1. The summed E-state index contributed by atoms with van der Waals surface area (Å²) in [5, 5.41) is 11.2. The molecule has 2 heterocycles. The van der Waals surface area contributed by atoms with Crippen molar-refractivity contribution in [1.29, 1.82) is 0 Å². The van der Waals surface area contributed by atoms with Crippen molar-refractivity contribution in [3.8, 4) is 0 Å². The lowest BCUT2D eigenvalue weighted by Crippen LogP contribution is -2.74. The number of fused-ring (bicyclic) bond motifs is 5. The SMILES string of the molecule is COC(=O)[C@@]12C(=O)C(C)=C(O)[C@]1(C)C(C)=C[C@H]1[C@]34CC[C@@H](OC3=O)C(C)(C)[C@H]4CC[C@@]12C. The van der Waals surface area contributed by atoms with E-state index in [1.54, 1.807) is 13.8 Å². The first-order valence-corrected chi connectivity index (χ1v) is 11.7. The van der Waals surface area contributed by atoms with E-state index in [1.807, 2.05) is 13.8 Å². The number of aliphatic hydroxyl groups is 1. The van der Waals surface area contributed by atoms with Crippen LogP contribution < -0.4 is 0 Å². The lowest BCUT2D eigenvalue weighted by Gasteiger charge is -2.70. The van der Waals surface area contributed by atoms with Crippen LogP contribution in [0.15, 0.2) is 23.0 Å². The number of carbonyl (C=O) groups is 3. The summed E-state index contributed by atoms with van der Waals surface area (Å²) in [6.45, 7) is 11.6. The standard InChI is InChI=1S/C26H34O6/c1-13-12-16-23(5,26(21(30)31-7)19(28)14(2)18(27)24(13,26)6)10-8-15-22(3,4)17-9-11-25(15,16)20(29)32-17/h12,15-17,27H,8-11H2,1-7H3/t15-,16-,17-,23+,24+,25-,26-/m1/s1. The molecule has 174 valence electrons. The molecular formula is C26H34O6. The highest BCUT2D eigenvalue weighted by Crippen LogP contribution is 2.78. The summed E-state index contributed by atoms with van der Waals surface area (Å²) in [5.41, 5.74) is -3.76. The number of allylic oxidation sites excluding steroid dienone is 3. The maximum atomic E-state index is 14.0. The number of ketones is 1. The summed E-state index contributed by atoms with van der Waals surface area (Å²) in [4.78, 5) is 41.3. The van der Waals surface area contributed by atoms with Crippen molar-refractivity contribution in [3.05, 3.63) is 23.0 Å². The topological polar surface area (TPSA) is 89.9 Å². The van der Waals surface area contributed by atoms with Gasteiger partial charge in [-0.2, -0.15) is 0 Å². The number of rotatable bonds is 1. The van der Waals surface area contributed by atoms with Crippen LogP contribution in [0, 0.1) is 38.9 Å². The summed E-state index contributed by atoms with van der Waals surface area (Å²) < 4.78 is 11.3. The molecule has 0 unspecified atom stereocenters. The smallest absolute Gasteiger partial charge is 0.321 e. The number of hydrogen-bond acceptors (Lipinski definition) is 6. The van der Waals surface area contributed by atoms with Gasteiger partial charge in [0.15, 0.2) is 11.2 Å². The maximum Gasteiger partial charge on any atom is 0.321 e. The maximum absolute atomic E-state index is 14.0. The summed E-state index contributed by atoms with van der Waals surface area (Å²) in [5.74, 6) is -1.51. The highest BCUT2D eigenvalue weighted by atomic mass is 16.6. The number of carbonyl (C=O) groups excluding carboxylic acids is 3. The van der Waals surface area contributed by atoms with Gasteiger partial charge >= 0.3 is 11.9 Å². The van der Waals surface area contributed by atoms with Gasteiger partial charge in [-0.15, -0.1) is 0 Å². The van der Waals surface area contributed by atoms with Crippen molar-refractivity contribution in [2.45, 2.75) is 73.3 Å². The van der Waals surface area contributed by atoms with Crippen LogP contribution in [0.25, 0.3) is 0 Å². The molecule has 0 amide bonds. The van der Waals surface area contributed by atoms with Gasteiger partial charge in [0.2, 0.25) is 0 Å². The summed E-state index contributed by atoms with van der Waals surface area (Å²) >= 11 is 0. The molecule has 0 aromatic heterocycles. The minimum atomic E-state index is -1.62. The number of ether oxygens (including phenoxy) is 2. The molecule has 6 nitrogen and oxygen atoms in total. The van der Waals surface area contributed by atoms with E-state index in [1.165, 1.54) is 7.11 Å². The summed E-state index contributed by atoms with van der Waals surface area (Å²) in [6, 6.07) is 0. The van der Waals surface area contributed by atoms with Crippen LogP contribution in [0.4, 0.5) is 0 Å². The first kappa shape index (κ1) is 21.7. The normalized spacial score (nSPS) is 48.5. The molecule has 4 aliphatic carbocycles. The zero-order valence-electron chi connectivity index (χ0n) is 20.1. The fraction of sp³-hybridized carbons (Fsp3) is 0.731. The van der Waals surface area contributed by atoms with E-state index in [0.717, 1.165) is 18.4 Å². The summed E-state index contributed by atoms with van der Waals surface area (Å²) in [7, 11) is 1.30. The molecule has 0 aromatic rings. The molecule has 0 radical (unpaired) electrons. The van der Waals surface area contributed by atoms with Crippen LogP contribution in [-0.4, -0.2) is 36.0 Å². The average molecular weight is 443 g/mol. The second-order valence-corrected chi connectivity index (χ2v) is 11.8. The van der Waals surface area contributed by atoms with Crippen LogP contribution in [0.1, 0.15) is 67.2 Å². The molecule has 6 aliphatic rings. The van der Waals surface area contributed by atoms with E-state index >= 15 is 0 Å². The molecule has 2 saturated heterocycles. The van der Waals surface area contributed by atoms with Crippen molar-refractivity contribution >= 4 is 17.7 Å². The highest BCUT2D eigenvalue weighted by molar-refractivity contribution is 6.17. The molecule has 2 aliphatic heterocycles. The number of methoxy groups -OCH3 is 1. The Hall–Kier alpha value is -2.11. The lowest BCUT2D eigenvalue weighted by molar-refractivity contribution is -0.262. The van der Waals surface area contributed by atoms with Crippen LogP contribution in [0.2, 0.25) is 0 Å². The van der Waals surface area contributed by atoms with Gasteiger partial charge < -0.3 is 14.6 Å². The van der Waals surface area contributed by atoms with E-state index in [-0.39, 0.29) is 46.4 Å². The predicted molar refractivity (Wildman–Crippen MR) is 116 cm³/mol. The van der Waals surface area contributed by atoms with E-state index in [2.05, 4.69) is 19.9 Å². The number of aliphatic hydroxyl groups excluding tert-OH is 1. The quantitative estimate of drug-likeness (QED) is 0.370. The second kappa shape index (κ2) is 5.87. The molecule has 2 bridgehead atoms. The third kappa shape index (κ3) is 1.80. The predicted octanol–water partition coefficient (Wildman–Crippen LogP) is 4.29. The van der Waals surface area contributed by atoms with E-state index < -0.39 is 27.6 Å². The van der Waals surface area contributed by atoms with Gasteiger partial charge in [0.1, 0.15) is 11.9 Å². The van der Waals surface area contributed by atoms with E-state index in [9.17, 15) is 19.5 Å². The van der Waals surface area contributed by atoms with Crippen molar-refractivity contribution in [2.24, 2.45) is 38.9 Å². The van der Waals surface area contributed by atoms with Gasteiger partial charge in [0.25, 0.3) is 0 Å². The number of Topliss-reactive ketones (excluding diaryl/α,β-unsaturated/α-hetero) is 1. The molecular weight excluding hydrogens is 408 g/mol. The largest absolute Gasteiger partial charge is 0.511 e. The third-order valence-electron chi connectivity index (χ3n) is 10.8. The molecule has 1 spiro atoms. The van der Waals surface area contributed by atoms with Gasteiger partial charge in [0.05, 0.1) is 17.9 Å². The third-order valence-corrected chi connectivity index (χ3v) is 10.8. The first-order valence-electron chi connectivity index (χ1n) is 11.7. The summed E-state index contributed by atoms with van der Waals surface area (Å²) in [6.07, 6.45) is 4.77. The van der Waals surface area contributed by atoms with Crippen LogP contribution in [0.3, 0.4) is 0 Å². The molecule has 32 heavy (non-hydrogen) atoms. The Morgan fingerprint density at radius 2 is 1.78 bits per heavy atom. The van der Waals surface area contributed by atoms with Crippen LogP contribution in [-0.2, 0) is 23.9 Å². The van der Waals surface area contributed by atoms with E-state index in [0.29, 0.717) is 12.8 Å². The highest BCUT2D eigenvalue weighted by Gasteiger charge is 2.82. The Morgan fingerprint density at radius 3 is 2.38 bits per heavy atom. The van der Waals surface area contributed by atoms with Crippen LogP contribution >= 0.6 is 0 Å². The zero-order valence-corrected chi connectivity index (χ0v) is 20.1. The Bertz CT molecular complexity index is 1030. The zero-order chi connectivity index (χ0) is 23.6. The molecule has 6 rings (SSSR count).